The van der Waals surface area contributed by atoms with Crippen LogP contribution in [0.4, 0.5) is 0 Å². The molecule has 1 aliphatic heterocycles. The minimum atomic E-state index is -0.572. The molecule has 3 N–H and O–H groups in total. The molecule has 7 heteroatoms. The van der Waals surface area contributed by atoms with Gasteiger partial charge in [-0.15, -0.1) is 0 Å². The Hall–Kier alpha value is -1.38. The first-order valence-corrected chi connectivity index (χ1v) is 10.2. The number of hydrogen-bond acceptors (Lipinski definition) is 7. The molecule has 2 rings (SSSR count). The van der Waals surface area contributed by atoms with Crippen molar-refractivity contribution in [3.05, 3.63) is 23.8 Å². The number of aliphatic hydroxyl groups excluding tert-OH is 2. The largest absolute Gasteiger partial charge is 0.497 e. The molecule has 28 heavy (non-hydrogen) atoms. The van der Waals surface area contributed by atoms with Gasteiger partial charge in [0.25, 0.3) is 0 Å². The van der Waals surface area contributed by atoms with Crippen molar-refractivity contribution in [2.75, 3.05) is 46.5 Å². The van der Waals surface area contributed by atoms with Gasteiger partial charge >= 0.3 is 0 Å². The molecule has 7 nitrogen and oxygen atoms in total. The molecular formula is C21H36N2O5. The van der Waals surface area contributed by atoms with Gasteiger partial charge in [-0.1, -0.05) is 0 Å². The van der Waals surface area contributed by atoms with Gasteiger partial charge < -0.3 is 34.6 Å². The monoisotopic (exact) mass is 396 g/mol. The summed E-state index contributed by atoms with van der Waals surface area (Å²) in [7, 11) is 1.64. The summed E-state index contributed by atoms with van der Waals surface area (Å²) in [5, 5.41) is 23.3. The van der Waals surface area contributed by atoms with Crippen LogP contribution in [-0.2, 0) is 11.3 Å². The standard InChI is InChI=1S/C21H36N2O5/c1-16(2)27-11-8-22-13-17-12-20(26-3)4-5-21(17)28-15-19(25)14-23-9-6-18(24)7-10-23/h4-5,12,16,18-19,22,24-25H,6-11,13-15H2,1-3H3. The lowest BCUT2D eigenvalue weighted by atomic mass is 10.1. The topological polar surface area (TPSA) is 83.4 Å². The SMILES string of the molecule is COc1ccc(OCC(O)CN2CCC(O)CC2)c(CNCCOC(C)C)c1. The van der Waals surface area contributed by atoms with Gasteiger partial charge in [0.2, 0.25) is 0 Å². The molecule has 160 valence electrons. The minimum absolute atomic E-state index is 0.204. The van der Waals surface area contributed by atoms with E-state index >= 15 is 0 Å². The van der Waals surface area contributed by atoms with Crippen molar-refractivity contribution in [2.24, 2.45) is 0 Å². The second-order valence-corrected chi connectivity index (χ2v) is 7.57. The summed E-state index contributed by atoms with van der Waals surface area (Å²) in [4.78, 5) is 2.17. The van der Waals surface area contributed by atoms with Crippen LogP contribution in [0.25, 0.3) is 0 Å². The number of piperidine rings is 1. The Morgan fingerprint density at radius 3 is 2.68 bits per heavy atom. The van der Waals surface area contributed by atoms with Crippen LogP contribution >= 0.6 is 0 Å². The van der Waals surface area contributed by atoms with Gasteiger partial charge in [0.05, 0.1) is 25.9 Å². The first-order chi connectivity index (χ1) is 13.5. The summed E-state index contributed by atoms with van der Waals surface area (Å²) in [6, 6.07) is 5.69. The second-order valence-electron chi connectivity index (χ2n) is 7.57. The zero-order valence-corrected chi connectivity index (χ0v) is 17.4. The highest BCUT2D eigenvalue weighted by Gasteiger charge is 2.19. The number of hydrogen-bond donors (Lipinski definition) is 3. The van der Waals surface area contributed by atoms with Gasteiger partial charge in [0.15, 0.2) is 0 Å². The van der Waals surface area contributed by atoms with E-state index in [0.29, 0.717) is 19.7 Å². The first kappa shape index (κ1) is 22.9. The Bertz CT molecular complexity index is 562. The summed E-state index contributed by atoms with van der Waals surface area (Å²) >= 11 is 0. The van der Waals surface area contributed by atoms with Gasteiger partial charge in [-0.05, 0) is 44.9 Å². The van der Waals surface area contributed by atoms with Crippen LogP contribution < -0.4 is 14.8 Å². The van der Waals surface area contributed by atoms with E-state index < -0.39 is 6.10 Å². The van der Waals surface area contributed by atoms with Crippen molar-refractivity contribution in [3.63, 3.8) is 0 Å². The van der Waals surface area contributed by atoms with E-state index in [1.807, 2.05) is 32.0 Å². The molecule has 0 amide bonds. The Balaban J connectivity index is 1.81. The zero-order valence-electron chi connectivity index (χ0n) is 17.4. The highest BCUT2D eigenvalue weighted by atomic mass is 16.5. The van der Waals surface area contributed by atoms with E-state index in [-0.39, 0.29) is 18.8 Å². The summed E-state index contributed by atoms with van der Waals surface area (Å²) in [5.74, 6) is 1.51. The predicted octanol–water partition coefficient (Wildman–Crippen LogP) is 1.41. The molecule has 1 fully saturated rings. The Morgan fingerprint density at radius 2 is 2.00 bits per heavy atom. The molecule has 0 saturated carbocycles. The first-order valence-electron chi connectivity index (χ1n) is 10.2. The van der Waals surface area contributed by atoms with Crippen molar-refractivity contribution >= 4 is 0 Å². The van der Waals surface area contributed by atoms with E-state index in [1.54, 1.807) is 7.11 Å². The minimum Gasteiger partial charge on any atom is -0.497 e. The number of ether oxygens (including phenoxy) is 3. The van der Waals surface area contributed by atoms with Crippen LogP contribution in [0, 0.1) is 0 Å². The van der Waals surface area contributed by atoms with E-state index in [1.165, 1.54) is 0 Å². The normalized spacial score (nSPS) is 17.1. The molecule has 1 aliphatic rings. The zero-order chi connectivity index (χ0) is 20.4. The van der Waals surface area contributed by atoms with Crippen molar-refractivity contribution in [2.45, 2.75) is 51.5 Å². The van der Waals surface area contributed by atoms with Crippen molar-refractivity contribution in [1.29, 1.82) is 0 Å². The maximum atomic E-state index is 10.3. The Labute approximate surface area is 168 Å². The number of benzene rings is 1. The molecule has 0 aliphatic carbocycles. The average molecular weight is 397 g/mol. The van der Waals surface area contributed by atoms with E-state index in [9.17, 15) is 10.2 Å². The molecular weight excluding hydrogens is 360 g/mol. The lowest BCUT2D eigenvalue weighted by Gasteiger charge is -2.31. The third-order valence-electron chi connectivity index (χ3n) is 4.77. The highest BCUT2D eigenvalue weighted by molar-refractivity contribution is 5.40. The quantitative estimate of drug-likeness (QED) is 0.461. The number of aliphatic hydroxyl groups is 2. The molecule has 0 spiro atoms. The Morgan fingerprint density at radius 1 is 1.25 bits per heavy atom. The fourth-order valence-corrected chi connectivity index (χ4v) is 3.19. The van der Waals surface area contributed by atoms with E-state index in [2.05, 4.69) is 10.2 Å². The summed E-state index contributed by atoms with van der Waals surface area (Å²) < 4.78 is 16.8. The molecule has 1 aromatic rings. The second kappa shape index (κ2) is 12.2. The fraction of sp³-hybridized carbons (Fsp3) is 0.714. The van der Waals surface area contributed by atoms with Gasteiger partial charge in [-0.3, -0.25) is 0 Å². The average Bonchev–Trinajstić information content (AvgIpc) is 2.68. The summed E-state index contributed by atoms with van der Waals surface area (Å²) in [6.07, 6.45) is 0.981. The molecule has 1 saturated heterocycles. The highest BCUT2D eigenvalue weighted by Crippen LogP contribution is 2.24. The number of likely N-dealkylation sites (tertiary alicyclic amines) is 1. The smallest absolute Gasteiger partial charge is 0.124 e. The molecule has 1 heterocycles. The maximum Gasteiger partial charge on any atom is 0.124 e. The number of nitrogens with one attached hydrogen (secondary N) is 1. The summed E-state index contributed by atoms with van der Waals surface area (Å²) in [5.41, 5.74) is 0.984. The third-order valence-corrected chi connectivity index (χ3v) is 4.77. The molecule has 0 bridgehead atoms. The maximum absolute atomic E-state index is 10.3. The molecule has 1 aromatic carbocycles. The molecule has 0 aromatic heterocycles. The molecule has 1 unspecified atom stereocenters. The van der Waals surface area contributed by atoms with Gasteiger partial charge in [0, 0.05) is 38.3 Å². The number of methoxy groups -OCH3 is 1. The van der Waals surface area contributed by atoms with Gasteiger partial charge in [0.1, 0.15) is 24.2 Å². The molecule has 0 radical (unpaired) electrons. The number of nitrogens with zero attached hydrogens (tertiary/aromatic N) is 1. The van der Waals surface area contributed by atoms with E-state index in [4.69, 9.17) is 14.2 Å². The summed E-state index contributed by atoms with van der Waals surface area (Å²) in [6.45, 7) is 8.49. The van der Waals surface area contributed by atoms with Crippen LogP contribution in [-0.4, -0.2) is 79.9 Å². The number of β-amino-alcohol motifs (C(OH)–C–C–N with tert-alkyl or cyclic N) is 1. The van der Waals surface area contributed by atoms with Crippen molar-refractivity contribution < 1.29 is 24.4 Å². The van der Waals surface area contributed by atoms with Crippen LogP contribution in [0.1, 0.15) is 32.3 Å². The molecule has 1 atom stereocenters. The van der Waals surface area contributed by atoms with Crippen molar-refractivity contribution in [1.82, 2.24) is 10.2 Å². The number of rotatable bonds is 12. The van der Waals surface area contributed by atoms with Crippen LogP contribution in [0.5, 0.6) is 11.5 Å². The predicted molar refractivity (Wildman–Crippen MR) is 109 cm³/mol. The Kier molecular flexibility index (Phi) is 10.0. The van der Waals surface area contributed by atoms with Gasteiger partial charge in [-0.2, -0.15) is 0 Å². The van der Waals surface area contributed by atoms with Crippen LogP contribution in [0.15, 0.2) is 18.2 Å². The third kappa shape index (κ3) is 8.32. The van der Waals surface area contributed by atoms with Crippen LogP contribution in [0.3, 0.4) is 0 Å². The van der Waals surface area contributed by atoms with Crippen LogP contribution in [0.2, 0.25) is 0 Å². The van der Waals surface area contributed by atoms with Crippen molar-refractivity contribution in [3.8, 4) is 11.5 Å². The van der Waals surface area contributed by atoms with Gasteiger partial charge in [-0.25, -0.2) is 0 Å². The fourth-order valence-electron chi connectivity index (χ4n) is 3.19. The van der Waals surface area contributed by atoms with E-state index in [0.717, 1.165) is 49.5 Å². The lowest BCUT2D eigenvalue weighted by molar-refractivity contribution is 0.0336. The lowest BCUT2D eigenvalue weighted by Crippen LogP contribution is -2.41.